The molecule has 1 aliphatic heterocycles. The zero-order valence-electron chi connectivity index (χ0n) is 12.5. The largest absolute Gasteiger partial charge is 0.395 e. The fourth-order valence-electron chi connectivity index (χ4n) is 3.01. The minimum absolute atomic E-state index is 0.0623. The van der Waals surface area contributed by atoms with Crippen molar-refractivity contribution in [3.05, 3.63) is 0 Å². The molecule has 1 fully saturated rings. The zero-order valence-corrected chi connectivity index (χ0v) is 12.5. The van der Waals surface area contributed by atoms with E-state index in [0.717, 1.165) is 13.0 Å². The van der Waals surface area contributed by atoms with Crippen molar-refractivity contribution in [2.24, 2.45) is 11.7 Å². The lowest BCUT2D eigenvalue weighted by molar-refractivity contribution is 0.0519. The van der Waals surface area contributed by atoms with E-state index >= 15 is 0 Å². The smallest absolute Gasteiger partial charge is 0.0601 e. The van der Waals surface area contributed by atoms with Gasteiger partial charge in [-0.25, -0.2) is 0 Å². The Labute approximate surface area is 112 Å². The van der Waals surface area contributed by atoms with E-state index in [1.165, 1.54) is 19.4 Å². The molecular weight excluding hydrogens is 226 g/mol. The monoisotopic (exact) mass is 257 g/mol. The number of piperidine rings is 1. The van der Waals surface area contributed by atoms with Gasteiger partial charge in [-0.15, -0.1) is 0 Å². The number of hydrogen-bond donors (Lipinski definition) is 2. The highest BCUT2D eigenvalue weighted by molar-refractivity contribution is 4.87. The molecule has 4 nitrogen and oxygen atoms in total. The van der Waals surface area contributed by atoms with Gasteiger partial charge in [0.15, 0.2) is 0 Å². The fourth-order valence-corrected chi connectivity index (χ4v) is 3.01. The molecule has 0 saturated carbocycles. The second kappa shape index (κ2) is 7.43. The van der Waals surface area contributed by atoms with Crippen LogP contribution < -0.4 is 5.73 Å². The van der Waals surface area contributed by atoms with Crippen LogP contribution in [-0.4, -0.2) is 66.8 Å². The number of likely N-dealkylation sites (tertiary alicyclic amines) is 1. The quantitative estimate of drug-likeness (QED) is 0.737. The van der Waals surface area contributed by atoms with Crippen LogP contribution in [0.5, 0.6) is 0 Å². The lowest BCUT2D eigenvalue weighted by atomic mass is 9.95. The van der Waals surface area contributed by atoms with Gasteiger partial charge in [0.05, 0.1) is 6.61 Å². The molecule has 0 aliphatic carbocycles. The molecule has 0 radical (unpaired) electrons. The lowest BCUT2D eigenvalue weighted by Gasteiger charge is -2.41. The molecule has 0 spiro atoms. The Morgan fingerprint density at radius 2 is 2.11 bits per heavy atom. The van der Waals surface area contributed by atoms with E-state index in [2.05, 4.69) is 37.7 Å². The van der Waals surface area contributed by atoms with Crippen LogP contribution >= 0.6 is 0 Å². The van der Waals surface area contributed by atoms with Crippen LogP contribution in [0, 0.1) is 5.92 Å². The van der Waals surface area contributed by atoms with Crippen LogP contribution in [0.15, 0.2) is 0 Å². The second-order valence-electron chi connectivity index (χ2n) is 6.27. The fraction of sp³-hybridized carbons (Fsp3) is 1.00. The third-order valence-corrected chi connectivity index (χ3v) is 4.12. The summed E-state index contributed by atoms with van der Waals surface area (Å²) < 4.78 is 0. The van der Waals surface area contributed by atoms with Crippen molar-refractivity contribution in [2.75, 3.05) is 33.8 Å². The highest BCUT2D eigenvalue weighted by atomic mass is 16.3. The number of hydrogen-bond acceptors (Lipinski definition) is 4. The highest BCUT2D eigenvalue weighted by Crippen LogP contribution is 2.18. The maximum absolute atomic E-state index is 9.64. The Hall–Kier alpha value is -0.160. The van der Waals surface area contributed by atoms with Crippen molar-refractivity contribution in [3.63, 3.8) is 0 Å². The van der Waals surface area contributed by atoms with Crippen molar-refractivity contribution in [3.8, 4) is 0 Å². The van der Waals surface area contributed by atoms with Gasteiger partial charge in [-0.1, -0.05) is 13.8 Å². The Morgan fingerprint density at radius 3 is 2.61 bits per heavy atom. The van der Waals surface area contributed by atoms with Crippen molar-refractivity contribution in [1.82, 2.24) is 9.80 Å². The highest BCUT2D eigenvalue weighted by Gasteiger charge is 2.29. The zero-order chi connectivity index (χ0) is 13.7. The van der Waals surface area contributed by atoms with Gasteiger partial charge in [-0.3, -0.25) is 4.90 Å². The molecular formula is C14H31N3O. The molecule has 1 heterocycles. The van der Waals surface area contributed by atoms with Gasteiger partial charge in [0.2, 0.25) is 0 Å². The molecule has 1 rings (SSSR count). The van der Waals surface area contributed by atoms with E-state index in [-0.39, 0.29) is 18.7 Å². The molecule has 1 saturated heterocycles. The van der Waals surface area contributed by atoms with Gasteiger partial charge in [-0.2, -0.15) is 0 Å². The van der Waals surface area contributed by atoms with E-state index < -0.39 is 0 Å². The van der Waals surface area contributed by atoms with Gasteiger partial charge < -0.3 is 15.7 Å². The van der Waals surface area contributed by atoms with Crippen LogP contribution in [-0.2, 0) is 0 Å². The number of likely N-dealkylation sites (N-methyl/N-ethyl adjacent to an activating group) is 2. The van der Waals surface area contributed by atoms with E-state index in [4.69, 9.17) is 5.73 Å². The number of aliphatic hydroxyl groups excluding tert-OH is 1. The van der Waals surface area contributed by atoms with Gasteiger partial charge in [-0.05, 0) is 45.8 Å². The van der Waals surface area contributed by atoms with E-state index in [1.54, 1.807) is 0 Å². The van der Waals surface area contributed by atoms with Crippen LogP contribution in [0.25, 0.3) is 0 Å². The Morgan fingerprint density at radius 1 is 1.44 bits per heavy atom. The summed E-state index contributed by atoms with van der Waals surface area (Å²) in [6.07, 6.45) is 3.42. The average molecular weight is 257 g/mol. The second-order valence-corrected chi connectivity index (χ2v) is 6.27. The topological polar surface area (TPSA) is 52.7 Å². The number of nitrogens with two attached hydrogens (primary N) is 1. The molecule has 0 aromatic rings. The van der Waals surface area contributed by atoms with Crippen molar-refractivity contribution < 1.29 is 5.11 Å². The third-order valence-electron chi connectivity index (χ3n) is 4.12. The third kappa shape index (κ3) is 4.50. The summed E-state index contributed by atoms with van der Waals surface area (Å²) in [6, 6.07) is 0.676. The number of aliphatic hydroxyl groups is 1. The summed E-state index contributed by atoms with van der Waals surface area (Å²) in [5.74, 6) is 0.580. The molecule has 1 aliphatic rings. The molecule has 108 valence electrons. The maximum atomic E-state index is 9.64. The molecule has 0 amide bonds. The van der Waals surface area contributed by atoms with E-state index in [1.807, 2.05) is 0 Å². The van der Waals surface area contributed by atoms with E-state index in [0.29, 0.717) is 12.0 Å². The van der Waals surface area contributed by atoms with Gasteiger partial charge in [0.1, 0.15) is 0 Å². The summed E-state index contributed by atoms with van der Waals surface area (Å²) >= 11 is 0. The molecule has 3 atom stereocenters. The Bertz CT molecular complexity index is 235. The molecule has 3 N–H and O–H groups in total. The first kappa shape index (κ1) is 15.9. The SMILES string of the molecule is CC(C)CC(N)C(CO)N(C)C1CCCN(C)C1. The van der Waals surface area contributed by atoms with Crippen LogP contribution in [0.3, 0.4) is 0 Å². The van der Waals surface area contributed by atoms with Crippen LogP contribution in [0.1, 0.15) is 33.1 Å². The summed E-state index contributed by atoms with van der Waals surface area (Å²) in [4.78, 5) is 4.68. The van der Waals surface area contributed by atoms with Gasteiger partial charge >= 0.3 is 0 Å². The predicted octanol–water partition coefficient (Wildman–Crippen LogP) is 0.747. The van der Waals surface area contributed by atoms with Crippen molar-refractivity contribution >= 4 is 0 Å². The molecule has 0 bridgehead atoms. The first-order valence-corrected chi connectivity index (χ1v) is 7.22. The predicted molar refractivity (Wildman–Crippen MR) is 76.6 cm³/mol. The van der Waals surface area contributed by atoms with Crippen LogP contribution in [0.4, 0.5) is 0 Å². The normalized spacial score (nSPS) is 25.7. The van der Waals surface area contributed by atoms with Gasteiger partial charge in [0.25, 0.3) is 0 Å². The average Bonchev–Trinajstić information content (AvgIpc) is 2.28. The lowest BCUT2D eigenvalue weighted by Crippen LogP contribution is -2.56. The number of rotatable bonds is 6. The van der Waals surface area contributed by atoms with Crippen LogP contribution in [0.2, 0.25) is 0 Å². The summed E-state index contributed by atoms with van der Waals surface area (Å²) in [7, 11) is 4.28. The first-order chi connectivity index (χ1) is 8.45. The summed E-state index contributed by atoms with van der Waals surface area (Å²) in [5, 5.41) is 9.64. The summed E-state index contributed by atoms with van der Waals surface area (Å²) in [5.41, 5.74) is 6.26. The summed E-state index contributed by atoms with van der Waals surface area (Å²) in [6.45, 7) is 6.80. The van der Waals surface area contributed by atoms with Crippen molar-refractivity contribution in [1.29, 1.82) is 0 Å². The Kier molecular flexibility index (Phi) is 6.57. The van der Waals surface area contributed by atoms with E-state index in [9.17, 15) is 5.11 Å². The number of nitrogens with zero attached hydrogens (tertiary/aromatic N) is 2. The molecule has 0 aromatic heterocycles. The maximum Gasteiger partial charge on any atom is 0.0601 e. The molecule has 3 unspecified atom stereocenters. The minimum atomic E-state index is 0.0623. The molecule has 4 heteroatoms. The van der Waals surface area contributed by atoms with Gasteiger partial charge in [0, 0.05) is 24.7 Å². The molecule has 0 aromatic carbocycles. The minimum Gasteiger partial charge on any atom is -0.395 e. The standard InChI is InChI=1S/C14H31N3O/c1-11(2)8-13(15)14(10-18)17(4)12-6-5-7-16(3)9-12/h11-14,18H,5-10,15H2,1-4H3. The molecule has 18 heavy (non-hydrogen) atoms. The first-order valence-electron chi connectivity index (χ1n) is 7.22. The van der Waals surface area contributed by atoms with Crippen molar-refractivity contribution in [2.45, 2.75) is 51.2 Å². The Balaban J connectivity index is 2.57.